The second-order valence-electron chi connectivity index (χ2n) is 4.73. The van der Waals surface area contributed by atoms with Gasteiger partial charge in [-0.05, 0) is 35.2 Å². The van der Waals surface area contributed by atoms with Crippen molar-refractivity contribution in [1.82, 2.24) is 0 Å². The van der Waals surface area contributed by atoms with Gasteiger partial charge in [0, 0.05) is 26.6 Å². The SMILES string of the molecule is Fc1ccc(CNc2ccc(Br)c3ccccc23)c(Br)c1. The average molecular weight is 409 g/mol. The highest BCUT2D eigenvalue weighted by Gasteiger charge is 2.05. The molecule has 0 atom stereocenters. The molecular weight excluding hydrogens is 397 g/mol. The molecule has 106 valence electrons. The molecule has 0 saturated heterocycles. The van der Waals surface area contributed by atoms with E-state index in [1.807, 2.05) is 24.3 Å². The van der Waals surface area contributed by atoms with Crippen LogP contribution in [-0.4, -0.2) is 0 Å². The molecule has 3 aromatic rings. The van der Waals surface area contributed by atoms with Crippen molar-refractivity contribution in [3.63, 3.8) is 0 Å². The Morgan fingerprint density at radius 3 is 2.38 bits per heavy atom. The molecule has 0 aromatic heterocycles. The monoisotopic (exact) mass is 407 g/mol. The van der Waals surface area contributed by atoms with Gasteiger partial charge < -0.3 is 5.32 Å². The van der Waals surface area contributed by atoms with Crippen LogP contribution in [0.25, 0.3) is 10.8 Å². The first-order valence-electron chi connectivity index (χ1n) is 6.50. The van der Waals surface area contributed by atoms with Crippen LogP contribution >= 0.6 is 31.9 Å². The molecule has 4 heteroatoms. The zero-order valence-electron chi connectivity index (χ0n) is 11.0. The first-order valence-corrected chi connectivity index (χ1v) is 8.09. The maximum absolute atomic E-state index is 13.1. The Labute approximate surface area is 139 Å². The number of benzene rings is 3. The van der Waals surface area contributed by atoms with Crippen LogP contribution in [0.1, 0.15) is 5.56 Å². The van der Waals surface area contributed by atoms with Gasteiger partial charge >= 0.3 is 0 Å². The topological polar surface area (TPSA) is 12.0 Å². The number of hydrogen-bond donors (Lipinski definition) is 1. The lowest BCUT2D eigenvalue weighted by Crippen LogP contribution is -2.01. The predicted octanol–water partition coefficient (Wildman–Crippen LogP) is 6.12. The molecule has 0 unspecified atom stereocenters. The first kappa shape index (κ1) is 14.5. The zero-order valence-corrected chi connectivity index (χ0v) is 14.2. The van der Waals surface area contributed by atoms with Gasteiger partial charge in [0.1, 0.15) is 5.82 Å². The smallest absolute Gasteiger partial charge is 0.124 e. The van der Waals surface area contributed by atoms with Crippen LogP contribution < -0.4 is 5.32 Å². The van der Waals surface area contributed by atoms with E-state index in [0.29, 0.717) is 6.54 Å². The minimum Gasteiger partial charge on any atom is -0.380 e. The van der Waals surface area contributed by atoms with E-state index >= 15 is 0 Å². The Balaban J connectivity index is 1.90. The summed E-state index contributed by atoms with van der Waals surface area (Å²) < 4.78 is 15.0. The summed E-state index contributed by atoms with van der Waals surface area (Å²) in [6, 6.07) is 17.0. The highest BCUT2D eigenvalue weighted by molar-refractivity contribution is 9.11. The minimum absolute atomic E-state index is 0.236. The second-order valence-corrected chi connectivity index (χ2v) is 6.44. The van der Waals surface area contributed by atoms with E-state index in [4.69, 9.17) is 0 Å². The number of hydrogen-bond acceptors (Lipinski definition) is 1. The summed E-state index contributed by atoms with van der Waals surface area (Å²) in [4.78, 5) is 0. The number of anilines is 1. The Bertz CT molecular complexity index is 802. The lowest BCUT2D eigenvalue weighted by molar-refractivity contribution is 0.626. The Kier molecular flexibility index (Phi) is 4.27. The summed E-state index contributed by atoms with van der Waals surface area (Å²) in [6.45, 7) is 0.631. The fraction of sp³-hybridized carbons (Fsp3) is 0.0588. The number of nitrogens with one attached hydrogen (secondary N) is 1. The first-order chi connectivity index (χ1) is 10.1. The van der Waals surface area contributed by atoms with Crippen molar-refractivity contribution >= 4 is 48.3 Å². The highest BCUT2D eigenvalue weighted by atomic mass is 79.9. The quantitative estimate of drug-likeness (QED) is 0.550. The number of halogens is 3. The fourth-order valence-electron chi connectivity index (χ4n) is 2.27. The molecule has 0 amide bonds. The third-order valence-corrected chi connectivity index (χ3v) is 4.78. The van der Waals surface area contributed by atoms with Gasteiger partial charge in [-0.1, -0.05) is 62.2 Å². The molecule has 3 rings (SSSR count). The normalized spacial score (nSPS) is 10.8. The molecule has 3 aromatic carbocycles. The standard InChI is InChI=1S/C17H12Br2FN/c18-15-7-8-17(14-4-2-1-3-13(14)15)21-10-11-5-6-12(20)9-16(11)19/h1-9,21H,10H2. The lowest BCUT2D eigenvalue weighted by atomic mass is 10.1. The molecule has 0 spiro atoms. The highest BCUT2D eigenvalue weighted by Crippen LogP contribution is 2.30. The summed E-state index contributed by atoms with van der Waals surface area (Å²) in [5.41, 5.74) is 2.08. The molecule has 1 N–H and O–H groups in total. The number of fused-ring (bicyclic) bond motifs is 1. The Morgan fingerprint density at radius 2 is 1.62 bits per heavy atom. The molecule has 0 bridgehead atoms. The summed E-state index contributed by atoms with van der Waals surface area (Å²) in [5.74, 6) is -0.236. The van der Waals surface area contributed by atoms with E-state index in [1.165, 1.54) is 17.5 Å². The molecule has 0 radical (unpaired) electrons. The van der Waals surface area contributed by atoms with Crippen molar-refractivity contribution in [2.45, 2.75) is 6.54 Å². The molecule has 0 saturated carbocycles. The van der Waals surface area contributed by atoms with Crippen LogP contribution in [0.2, 0.25) is 0 Å². The summed E-state index contributed by atoms with van der Waals surface area (Å²) in [6.07, 6.45) is 0. The number of rotatable bonds is 3. The van der Waals surface area contributed by atoms with Crippen molar-refractivity contribution < 1.29 is 4.39 Å². The Hall–Kier alpha value is -1.39. The maximum atomic E-state index is 13.1. The van der Waals surface area contributed by atoms with Gasteiger partial charge in [0.25, 0.3) is 0 Å². The van der Waals surface area contributed by atoms with E-state index in [1.54, 1.807) is 6.07 Å². The average Bonchev–Trinajstić information content (AvgIpc) is 2.48. The molecular formula is C17H12Br2FN. The van der Waals surface area contributed by atoms with E-state index < -0.39 is 0 Å². The summed E-state index contributed by atoms with van der Waals surface area (Å²) >= 11 is 6.96. The Morgan fingerprint density at radius 1 is 0.857 bits per heavy atom. The van der Waals surface area contributed by atoms with E-state index in [-0.39, 0.29) is 5.82 Å². The summed E-state index contributed by atoms with van der Waals surface area (Å²) in [7, 11) is 0. The minimum atomic E-state index is -0.236. The predicted molar refractivity (Wildman–Crippen MR) is 93.1 cm³/mol. The lowest BCUT2D eigenvalue weighted by Gasteiger charge is -2.12. The van der Waals surface area contributed by atoms with Gasteiger partial charge in [-0.3, -0.25) is 0 Å². The molecule has 0 fully saturated rings. The largest absolute Gasteiger partial charge is 0.380 e. The van der Waals surface area contributed by atoms with Crippen LogP contribution in [0.15, 0.2) is 63.5 Å². The van der Waals surface area contributed by atoms with Crippen LogP contribution in [0, 0.1) is 5.82 Å². The molecule has 1 nitrogen and oxygen atoms in total. The van der Waals surface area contributed by atoms with Gasteiger partial charge in [0.2, 0.25) is 0 Å². The van der Waals surface area contributed by atoms with Crippen LogP contribution in [0.3, 0.4) is 0 Å². The molecule has 0 aliphatic carbocycles. The molecule has 0 aliphatic rings. The van der Waals surface area contributed by atoms with E-state index in [9.17, 15) is 4.39 Å². The van der Waals surface area contributed by atoms with Gasteiger partial charge in [-0.15, -0.1) is 0 Å². The molecule has 21 heavy (non-hydrogen) atoms. The third-order valence-electron chi connectivity index (χ3n) is 3.36. The summed E-state index contributed by atoms with van der Waals surface area (Å²) in [5, 5.41) is 5.74. The zero-order chi connectivity index (χ0) is 14.8. The van der Waals surface area contributed by atoms with Gasteiger partial charge in [-0.2, -0.15) is 0 Å². The van der Waals surface area contributed by atoms with Crippen LogP contribution in [-0.2, 0) is 6.54 Å². The van der Waals surface area contributed by atoms with Crippen molar-refractivity contribution in [3.8, 4) is 0 Å². The second kappa shape index (κ2) is 6.16. The van der Waals surface area contributed by atoms with Gasteiger partial charge in [0.15, 0.2) is 0 Å². The van der Waals surface area contributed by atoms with Crippen molar-refractivity contribution in [2.24, 2.45) is 0 Å². The van der Waals surface area contributed by atoms with Crippen molar-refractivity contribution in [3.05, 3.63) is 74.9 Å². The molecule has 0 heterocycles. The molecule has 0 aliphatic heterocycles. The van der Waals surface area contributed by atoms with Crippen LogP contribution in [0.5, 0.6) is 0 Å². The maximum Gasteiger partial charge on any atom is 0.124 e. The van der Waals surface area contributed by atoms with Crippen molar-refractivity contribution in [2.75, 3.05) is 5.32 Å². The van der Waals surface area contributed by atoms with Gasteiger partial charge in [-0.25, -0.2) is 4.39 Å². The van der Waals surface area contributed by atoms with E-state index in [0.717, 1.165) is 25.6 Å². The van der Waals surface area contributed by atoms with E-state index in [2.05, 4.69) is 49.3 Å². The van der Waals surface area contributed by atoms with Crippen LogP contribution in [0.4, 0.5) is 10.1 Å². The third kappa shape index (κ3) is 3.11. The fourth-order valence-corrected chi connectivity index (χ4v) is 3.24. The van der Waals surface area contributed by atoms with Crippen molar-refractivity contribution in [1.29, 1.82) is 0 Å². The van der Waals surface area contributed by atoms with Gasteiger partial charge in [0.05, 0.1) is 0 Å².